The molecule has 1 aromatic heterocycles. The van der Waals surface area contributed by atoms with Crippen LogP contribution in [0.5, 0.6) is 0 Å². The van der Waals surface area contributed by atoms with E-state index < -0.39 is 0 Å². The number of aliphatic imine (C=N–C) groups is 1. The van der Waals surface area contributed by atoms with Crippen molar-refractivity contribution in [1.29, 1.82) is 0 Å². The zero-order valence-electron chi connectivity index (χ0n) is 14.6. The Morgan fingerprint density at radius 3 is 2.81 bits per heavy atom. The lowest BCUT2D eigenvalue weighted by molar-refractivity contribution is -0.121. The Kier molecular flexibility index (Phi) is 6.35. The van der Waals surface area contributed by atoms with Crippen molar-refractivity contribution in [3.63, 3.8) is 0 Å². The fraction of sp³-hybridized carbons (Fsp3) is 0.263. The average Bonchev–Trinajstić information content (AvgIpc) is 3.21. The first-order valence-electron chi connectivity index (χ1n) is 8.49. The van der Waals surface area contributed by atoms with Crippen molar-refractivity contribution in [1.82, 2.24) is 15.1 Å². The zero-order valence-corrected chi connectivity index (χ0v) is 16.2. The molecule has 0 radical (unpaired) electrons. The Bertz CT molecular complexity index is 842. The summed E-state index contributed by atoms with van der Waals surface area (Å²) in [5.74, 6) is -0.0618. The molecular formula is C19H20N4OS2. The Hall–Kier alpha value is -2.25. The third-order valence-corrected chi connectivity index (χ3v) is 5.57. The monoisotopic (exact) mass is 384 g/mol. The number of hydrogen-bond acceptors (Lipinski definition) is 6. The molecule has 2 heterocycles. The standard InChI is InChI=1S/C19H20N4OS2/c1-3-5-11-16-21-22-18(26-16)20-19-23(12-4-2)17(24)15(25-19)13-14-9-7-6-8-10-14/h4,6-10,13H,2-3,5,11-12H2,1H3/b15-13+,20-19?. The van der Waals surface area contributed by atoms with Crippen LogP contribution in [0.2, 0.25) is 0 Å². The van der Waals surface area contributed by atoms with Crippen LogP contribution < -0.4 is 0 Å². The summed E-state index contributed by atoms with van der Waals surface area (Å²) >= 11 is 2.84. The molecule has 134 valence electrons. The molecular weight excluding hydrogens is 364 g/mol. The van der Waals surface area contributed by atoms with Gasteiger partial charge < -0.3 is 0 Å². The summed E-state index contributed by atoms with van der Waals surface area (Å²) in [6.07, 6.45) is 6.71. The van der Waals surface area contributed by atoms with Gasteiger partial charge in [-0.2, -0.15) is 4.99 Å². The van der Waals surface area contributed by atoms with Crippen LogP contribution in [0.4, 0.5) is 5.13 Å². The zero-order chi connectivity index (χ0) is 18.4. The summed E-state index contributed by atoms with van der Waals surface area (Å²) in [7, 11) is 0. The summed E-state index contributed by atoms with van der Waals surface area (Å²) in [6.45, 7) is 6.31. The number of amides is 1. The van der Waals surface area contributed by atoms with Gasteiger partial charge in [-0.1, -0.05) is 61.1 Å². The third kappa shape index (κ3) is 4.47. The Morgan fingerprint density at radius 1 is 1.27 bits per heavy atom. The van der Waals surface area contributed by atoms with Gasteiger partial charge in [-0.05, 0) is 29.8 Å². The molecule has 0 spiro atoms. The second-order valence-corrected chi connectivity index (χ2v) is 7.75. The van der Waals surface area contributed by atoms with E-state index in [1.807, 2.05) is 36.4 Å². The molecule has 1 aliphatic heterocycles. The minimum Gasteiger partial charge on any atom is -0.282 e. The molecule has 0 aliphatic carbocycles. The number of hydrogen-bond donors (Lipinski definition) is 0. The Balaban J connectivity index is 1.85. The van der Waals surface area contributed by atoms with E-state index >= 15 is 0 Å². The highest BCUT2D eigenvalue weighted by Gasteiger charge is 2.32. The smallest absolute Gasteiger partial charge is 0.267 e. The third-order valence-electron chi connectivity index (χ3n) is 3.69. The van der Waals surface area contributed by atoms with Crippen molar-refractivity contribution in [2.24, 2.45) is 4.99 Å². The van der Waals surface area contributed by atoms with Gasteiger partial charge in [0.15, 0.2) is 5.17 Å². The van der Waals surface area contributed by atoms with Gasteiger partial charge in [0.25, 0.3) is 5.91 Å². The van der Waals surface area contributed by atoms with Gasteiger partial charge in [-0.15, -0.1) is 16.8 Å². The molecule has 26 heavy (non-hydrogen) atoms. The molecule has 0 atom stereocenters. The first-order valence-corrected chi connectivity index (χ1v) is 10.1. The van der Waals surface area contributed by atoms with E-state index in [1.165, 1.54) is 23.1 Å². The number of carbonyl (C=O) groups excluding carboxylic acids is 1. The highest BCUT2D eigenvalue weighted by atomic mass is 32.2. The van der Waals surface area contributed by atoms with Crippen LogP contribution in [0, 0.1) is 0 Å². The van der Waals surface area contributed by atoms with E-state index in [0.29, 0.717) is 21.7 Å². The lowest BCUT2D eigenvalue weighted by Crippen LogP contribution is -2.29. The van der Waals surface area contributed by atoms with Gasteiger partial charge in [0.2, 0.25) is 5.13 Å². The molecule has 2 aromatic rings. The predicted octanol–water partition coefficient (Wildman–Crippen LogP) is 4.67. The maximum Gasteiger partial charge on any atom is 0.267 e. The lowest BCUT2D eigenvalue weighted by atomic mass is 10.2. The summed E-state index contributed by atoms with van der Waals surface area (Å²) in [6, 6.07) is 9.80. The van der Waals surface area contributed by atoms with E-state index in [0.717, 1.165) is 29.8 Å². The van der Waals surface area contributed by atoms with Gasteiger partial charge in [-0.3, -0.25) is 9.69 Å². The van der Waals surface area contributed by atoms with Crippen LogP contribution in [0.3, 0.4) is 0 Å². The van der Waals surface area contributed by atoms with Crippen molar-refractivity contribution < 1.29 is 4.79 Å². The number of aryl methyl sites for hydroxylation is 1. The number of amidine groups is 1. The van der Waals surface area contributed by atoms with E-state index in [4.69, 9.17) is 0 Å². The van der Waals surface area contributed by atoms with E-state index in [1.54, 1.807) is 11.0 Å². The van der Waals surface area contributed by atoms with Crippen molar-refractivity contribution in [2.45, 2.75) is 26.2 Å². The topological polar surface area (TPSA) is 58.5 Å². The number of benzene rings is 1. The molecule has 1 fully saturated rings. The molecule has 3 rings (SSSR count). The molecule has 0 saturated carbocycles. The molecule has 1 saturated heterocycles. The SMILES string of the molecule is C=CCN1C(=O)/C(=C\c2ccccc2)SC1=Nc1nnc(CCCC)s1. The van der Waals surface area contributed by atoms with Gasteiger partial charge in [0, 0.05) is 13.0 Å². The summed E-state index contributed by atoms with van der Waals surface area (Å²) in [5, 5.41) is 10.5. The highest BCUT2D eigenvalue weighted by molar-refractivity contribution is 8.18. The number of rotatable bonds is 7. The summed E-state index contributed by atoms with van der Waals surface area (Å²) in [5.41, 5.74) is 0.987. The number of nitrogens with zero attached hydrogens (tertiary/aromatic N) is 4. The van der Waals surface area contributed by atoms with E-state index in [2.05, 4.69) is 28.7 Å². The normalized spacial score (nSPS) is 17.4. The van der Waals surface area contributed by atoms with Gasteiger partial charge >= 0.3 is 0 Å². The fourth-order valence-electron chi connectivity index (χ4n) is 2.38. The molecule has 1 amide bonds. The molecule has 0 unspecified atom stereocenters. The van der Waals surface area contributed by atoms with Crippen molar-refractivity contribution in [3.8, 4) is 0 Å². The maximum atomic E-state index is 12.7. The van der Waals surface area contributed by atoms with Crippen LogP contribution in [0.15, 0.2) is 52.9 Å². The second kappa shape index (κ2) is 8.91. The van der Waals surface area contributed by atoms with Gasteiger partial charge in [-0.25, -0.2) is 0 Å². The lowest BCUT2D eigenvalue weighted by Gasteiger charge is -2.11. The van der Waals surface area contributed by atoms with Crippen LogP contribution in [-0.4, -0.2) is 32.7 Å². The largest absolute Gasteiger partial charge is 0.282 e. The highest BCUT2D eigenvalue weighted by Crippen LogP contribution is 2.34. The molecule has 0 bridgehead atoms. The number of unbranched alkanes of at least 4 members (excludes halogenated alkanes) is 1. The van der Waals surface area contributed by atoms with Crippen LogP contribution >= 0.6 is 23.1 Å². The number of thioether (sulfide) groups is 1. The van der Waals surface area contributed by atoms with Crippen molar-refractivity contribution in [2.75, 3.05) is 6.54 Å². The van der Waals surface area contributed by atoms with Gasteiger partial charge in [0.1, 0.15) is 5.01 Å². The van der Waals surface area contributed by atoms with Gasteiger partial charge in [0.05, 0.1) is 4.91 Å². The van der Waals surface area contributed by atoms with Crippen LogP contribution in [0.25, 0.3) is 6.08 Å². The van der Waals surface area contributed by atoms with E-state index in [9.17, 15) is 4.79 Å². The quantitative estimate of drug-likeness (QED) is 0.514. The number of carbonyl (C=O) groups is 1. The molecule has 1 aromatic carbocycles. The molecule has 7 heteroatoms. The average molecular weight is 385 g/mol. The minimum atomic E-state index is -0.0618. The minimum absolute atomic E-state index is 0.0618. The van der Waals surface area contributed by atoms with E-state index in [-0.39, 0.29) is 5.91 Å². The van der Waals surface area contributed by atoms with Crippen molar-refractivity contribution in [3.05, 3.63) is 58.5 Å². The van der Waals surface area contributed by atoms with Crippen molar-refractivity contribution >= 4 is 45.4 Å². The first-order chi connectivity index (χ1) is 12.7. The molecule has 1 aliphatic rings. The van der Waals surface area contributed by atoms with Crippen LogP contribution in [-0.2, 0) is 11.2 Å². The number of aromatic nitrogens is 2. The Morgan fingerprint density at radius 2 is 2.08 bits per heavy atom. The van der Waals surface area contributed by atoms with Crippen LogP contribution in [0.1, 0.15) is 30.3 Å². The maximum absolute atomic E-state index is 12.7. The summed E-state index contributed by atoms with van der Waals surface area (Å²) < 4.78 is 0. The predicted molar refractivity (Wildman–Crippen MR) is 110 cm³/mol. The molecule has 0 N–H and O–H groups in total. The summed E-state index contributed by atoms with van der Waals surface area (Å²) in [4.78, 5) is 19.6. The fourth-order valence-corrected chi connectivity index (χ4v) is 4.18. The second-order valence-electron chi connectivity index (χ2n) is 5.70. The Labute approximate surface area is 161 Å². The molecule has 5 nitrogen and oxygen atoms in total. The first kappa shape index (κ1) is 18.5.